The quantitative estimate of drug-likeness (QED) is 0.0314. The number of alkyl halides is 3. The average molecular weight is 1050 g/mol. The van der Waals surface area contributed by atoms with Gasteiger partial charge in [0.15, 0.2) is 11.6 Å². The monoisotopic (exact) mass is 1050 g/mol. The lowest BCUT2D eigenvalue weighted by atomic mass is 10.1. The van der Waals surface area contributed by atoms with Gasteiger partial charge < -0.3 is 30.7 Å². The van der Waals surface area contributed by atoms with Crippen molar-refractivity contribution < 1.29 is 38.2 Å². The zero-order valence-corrected chi connectivity index (χ0v) is 42.3. The van der Waals surface area contributed by atoms with Gasteiger partial charge in [-0.05, 0) is 125 Å². The highest BCUT2D eigenvalue weighted by molar-refractivity contribution is 6.37. The van der Waals surface area contributed by atoms with Crippen LogP contribution in [0.4, 0.5) is 34.1 Å². The third-order valence-electron chi connectivity index (χ3n) is 10.1. The maximum Gasteiger partial charge on any atom is 0.258 e. The van der Waals surface area contributed by atoms with Gasteiger partial charge in [-0.2, -0.15) is 20.5 Å². The Bertz CT molecular complexity index is 2860. The summed E-state index contributed by atoms with van der Waals surface area (Å²) in [5.41, 5.74) is 3.09. The number of azo groups is 2. The molecular weight excluding hydrogens is 1010 g/mol. The number of Topliss-reactive ketones (excluding diaryl/α,β-unsaturated/α-hetero) is 2. The van der Waals surface area contributed by atoms with E-state index in [1.807, 2.05) is 13.8 Å². The van der Waals surface area contributed by atoms with E-state index in [-0.39, 0.29) is 60.6 Å². The molecule has 4 unspecified atom stereocenters. The molecule has 4 atom stereocenters. The van der Waals surface area contributed by atoms with Crippen LogP contribution in [0.5, 0.6) is 11.5 Å². The lowest BCUT2D eigenvalue weighted by Gasteiger charge is -2.15. The number of nitrogens with one attached hydrogen (secondary N) is 4. The standard InChI is InChI=1S/C49H47Cl5N8O8/c1-7-69-40-22-29(25(3)51)15-18-36(40)57-46(65)33-11-9-13-38(42(33)53)59-61-44(27(5)63)48(67)55-32-17-20-35(31(21-32)24-50)56-49(68)45(28(6)64)62-60-39-14-10-12-34(43(39)54)47(66)58-37-19-16-30(26(4)52)23-41(37)70-8-2/h9-23,25-26,44-45H,7-8,24H2,1-6H3,(H,55,67)(H,56,68)(H,57,65)(H,58,66). The van der Waals surface area contributed by atoms with E-state index in [0.717, 1.165) is 25.0 Å². The molecule has 0 aliphatic carbocycles. The van der Waals surface area contributed by atoms with Crippen LogP contribution in [0.25, 0.3) is 0 Å². The Morgan fingerprint density at radius 3 is 1.40 bits per heavy atom. The number of hydrogen-bond donors (Lipinski definition) is 4. The fourth-order valence-corrected chi connectivity index (χ4v) is 7.44. The predicted octanol–water partition coefficient (Wildman–Crippen LogP) is 13.0. The summed E-state index contributed by atoms with van der Waals surface area (Å²) in [7, 11) is 0. The molecule has 0 aliphatic heterocycles. The van der Waals surface area contributed by atoms with Crippen molar-refractivity contribution in [2.45, 2.75) is 70.3 Å². The summed E-state index contributed by atoms with van der Waals surface area (Å²) in [6.45, 7) is 10.2. The van der Waals surface area contributed by atoms with Gasteiger partial charge in [-0.1, -0.05) is 47.5 Å². The van der Waals surface area contributed by atoms with E-state index in [0.29, 0.717) is 41.7 Å². The fraction of sp³-hybridized carbons (Fsp3) is 0.265. The molecule has 5 aromatic rings. The molecule has 366 valence electrons. The Morgan fingerprint density at radius 1 is 0.571 bits per heavy atom. The minimum Gasteiger partial charge on any atom is -0.492 e. The highest BCUT2D eigenvalue weighted by Gasteiger charge is 2.27. The number of hydrogen-bond acceptors (Lipinski definition) is 12. The van der Waals surface area contributed by atoms with E-state index in [1.54, 1.807) is 50.2 Å². The van der Waals surface area contributed by atoms with Gasteiger partial charge in [-0.25, -0.2) is 0 Å². The van der Waals surface area contributed by atoms with E-state index in [2.05, 4.69) is 41.7 Å². The molecule has 0 heterocycles. The van der Waals surface area contributed by atoms with Crippen LogP contribution in [0.1, 0.15) is 89.7 Å². The average Bonchev–Trinajstić information content (AvgIpc) is 3.31. The number of carbonyl (C=O) groups excluding carboxylic acids is 6. The van der Waals surface area contributed by atoms with Crippen molar-refractivity contribution in [3.63, 3.8) is 0 Å². The number of nitrogens with zero attached hydrogens (tertiary/aromatic N) is 4. The number of halogens is 5. The van der Waals surface area contributed by atoms with Gasteiger partial charge in [0.25, 0.3) is 23.6 Å². The molecule has 0 saturated carbocycles. The highest BCUT2D eigenvalue weighted by atomic mass is 35.5. The highest BCUT2D eigenvalue weighted by Crippen LogP contribution is 2.36. The third kappa shape index (κ3) is 14.1. The number of rotatable bonds is 21. The molecule has 21 heteroatoms. The number of amides is 4. The maximum atomic E-state index is 13.5. The summed E-state index contributed by atoms with van der Waals surface area (Å²) in [6.07, 6.45) is 0. The normalized spacial score (nSPS) is 13.0. The third-order valence-corrected chi connectivity index (χ3v) is 11.7. The van der Waals surface area contributed by atoms with Gasteiger partial charge in [0.2, 0.25) is 12.1 Å². The van der Waals surface area contributed by atoms with Crippen molar-refractivity contribution in [2.75, 3.05) is 34.5 Å². The molecule has 0 fully saturated rings. The van der Waals surface area contributed by atoms with E-state index in [4.69, 9.17) is 67.5 Å². The van der Waals surface area contributed by atoms with Crippen LogP contribution in [0, 0.1) is 0 Å². The summed E-state index contributed by atoms with van der Waals surface area (Å²) in [5.74, 6) is -3.57. The number of ketones is 2. The van der Waals surface area contributed by atoms with Crippen LogP contribution in [-0.4, -0.2) is 60.5 Å². The Hall–Kier alpha value is -6.43. The van der Waals surface area contributed by atoms with E-state index >= 15 is 0 Å². The van der Waals surface area contributed by atoms with Gasteiger partial charge in [0, 0.05) is 17.3 Å². The predicted molar refractivity (Wildman–Crippen MR) is 274 cm³/mol. The summed E-state index contributed by atoms with van der Waals surface area (Å²) in [6, 6.07) is 20.2. The lowest BCUT2D eigenvalue weighted by Crippen LogP contribution is -2.32. The van der Waals surface area contributed by atoms with Crippen molar-refractivity contribution in [1.29, 1.82) is 0 Å². The van der Waals surface area contributed by atoms with E-state index < -0.39 is 47.3 Å². The van der Waals surface area contributed by atoms with Gasteiger partial charge in [0.05, 0.1) is 56.5 Å². The molecule has 16 nitrogen and oxygen atoms in total. The summed E-state index contributed by atoms with van der Waals surface area (Å²) in [5, 5.41) is 26.1. The van der Waals surface area contributed by atoms with E-state index in [9.17, 15) is 28.8 Å². The van der Waals surface area contributed by atoms with Gasteiger partial charge in [-0.15, -0.1) is 34.8 Å². The molecule has 70 heavy (non-hydrogen) atoms. The second kappa shape index (κ2) is 25.4. The number of ether oxygens (including phenoxy) is 2. The molecule has 0 bridgehead atoms. The molecule has 0 saturated heterocycles. The van der Waals surface area contributed by atoms with Crippen molar-refractivity contribution in [2.24, 2.45) is 20.5 Å². The molecule has 5 rings (SSSR count). The molecule has 0 spiro atoms. The van der Waals surface area contributed by atoms with E-state index in [1.165, 1.54) is 54.6 Å². The van der Waals surface area contributed by atoms with Crippen LogP contribution >= 0.6 is 58.0 Å². The molecular formula is C49H47Cl5N8O8. The maximum absolute atomic E-state index is 13.5. The second-order valence-corrected chi connectivity index (χ2v) is 17.6. The minimum absolute atomic E-state index is 0.00556. The molecule has 4 N–H and O–H groups in total. The first kappa shape index (κ1) is 54.5. The summed E-state index contributed by atoms with van der Waals surface area (Å²) < 4.78 is 11.4. The van der Waals surface area contributed by atoms with Crippen LogP contribution in [0.15, 0.2) is 111 Å². The zero-order chi connectivity index (χ0) is 51.2. The summed E-state index contributed by atoms with van der Waals surface area (Å²) >= 11 is 31.9. The summed E-state index contributed by atoms with van der Waals surface area (Å²) in [4.78, 5) is 79.1. The Balaban J connectivity index is 1.27. The van der Waals surface area contributed by atoms with Gasteiger partial charge >= 0.3 is 0 Å². The molecule has 4 amide bonds. The van der Waals surface area contributed by atoms with Gasteiger partial charge in [0.1, 0.15) is 22.9 Å². The first-order chi connectivity index (χ1) is 33.4. The van der Waals surface area contributed by atoms with Crippen molar-refractivity contribution in [3.8, 4) is 11.5 Å². The Morgan fingerprint density at radius 2 is 1.00 bits per heavy atom. The first-order valence-electron chi connectivity index (χ1n) is 21.5. The smallest absolute Gasteiger partial charge is 0.258 e. The molecule has 0 aromatic heterocycles. The van der Waals surface area contributed by atoms with Gasteiger partial charge in [-0.3, -0.25) is 28.8 Å². The second-order valence-electron chi connectivity index (χ2n) is 15.2. The number of carbonyl (C=O) groups is 6. The van der Waals surface area contributed by atoms with Crippen molar-refractivity contribution in [1.82, 2.24) is 0 Å². The largest absolute Gasteiger partial charge is 0.492 e. The van der Waals surface area contributed by atoms with Crippen molar-refractivity contribution >= 4 is 127 Å². The number of benzene rings is 5. The number of anilines is 4. The Labute approximate surface area is 428 Å². The Kier molecular flexibility index (Phi) is 19.8. The first-order valence-corrected chi connectivity index (χ1v) is 23.7. The molecule has 0 aliphatic rings. The van der Waals surface area contributed by atoms with Crippen LogP contribution < -0.4 is 30.7 Å². The zero-order valence-electron chi connectivity index (χ0n) is 38.5. The fourth-order valence-electron chi connectivity index (χ4n) is 6.45. The van der Waals surface area contributed by atoms with Crippen LogP contribution in [0.3, 0.4) is 0 Å². The SMILES string of the molecule is CCOc1cc(C(C)Cl)ccc1NC(=O)c1cccc(N=NC(C(C)=O)C(=O)Nc2ccc(NC(=O)C(N=Nc3cccc(C(=O)Nc4ccc(C(C)Cl)cc4OCC)c3Cl)C(C)=O)c(CCl)c2)c1Cl. The van der Waals surface area contributed by atoms with Crippen LogP contribution in [-0.2, 0) is 25.1 Å². The minimum atomic E-state index is -1.65. The molecule has 0 radical (unpaired) electrons. The topological polar surface area (TPSA) is 218 Å². The van der Waals surface area contributed by atoms with Crippen LogP contribution in [0.2, 0.25) is 10.0 Å². The van der Waals surface area contributed by atoms with Crippen molar-refractivity contribution in [3.05, 3.63) is 129 Å². The molecule has 5 aromatic carbocycles. The lowest BCUT2D eigenvalue weighted by molar-refractivity contribution is -0.127.